The minimum absolute atomic E-state index is 0.204. The van der Waals surface area contributed by atoms with Gasteiger partial charge in [-0.25, -0.2) is 0 Å². The first kappa shape index (κ1) is 16.5. The Morgan fingerprint density at radius 3 is 2.40 bits per heavy atom. The van der Waals surface area contributed by atoms with Crippen molar-refractivity contribution in [1.82, 2.24) is 5.32 Å². The highest BCUT2D eigenvalue weighted by Crippen LogP contribution is 2.22. The van der Waals surface area contributed by atoms with Crippen LogP contribution in [0.3, 0.4) is 0 Å². The van der Waals surface area contributed by atoms with Crippen LogP contribution in [0.1, 0.15) is 10.4 Å². The Kier molecular flexibility index (Phi) is 6.48. The van der Waals surface area contributed by atoms with Gasteiger partial charge in [0.15, 0.2) is 0 Å². The first-order valence-corrected chi connectivity index (χ1v) is 6.85. The number of aliphatic hydroxyl groups excluding tert-OH is 3. The van der Waals surface area contributed by atoms with Gasteiger partial charge < -0.3 is 20.6 Å². The lowest BCUT2D eigenvalue weighted by Crippen LogP contribution is -2.57. The van der Waals surface area contributed by atoms with Crippen LogP contribution >= 0.6 is 11.8 Å². The van der Waals surface area contributed by atoms with Gasteiger partial charge >= 0.3 is 0 Å². The third kappa shape index (κ3) is 3.95. The molecule has 20 heavy (non-hydrogen) atoms. The third-order valence-electron chi connectivity index (χ3n) is 2.71. The quantitative estimate of drug-likeness (QED) is 0.516. The highest BCUT2D eigenvalue weighted by Gasteiger charge is 2.30. The molecule has 0 aliphatic carbocycles. The predicted molar refractivity (Wildman–Crippen MR) is 74.2 cm³/mol. The maximum Gasteiger partial charge on any atom is 0.253 e. The lowest BCUT2D eigenvalue weighted by molar-refractivity contribution is 0.0374. The van der Waals surface area contributed by atoms with Gasteiger partial charge in [-0.05, 0) is 12.1 Å². The second kappa shape index (κ2) is 7.87. The summed E-state index contributed by atoms with van der Waals surface area (Å²) in [6.45, 7) is -1.75. The molecule has 0 heterocycles. The van der Waals surface area contributed by atoms with Crippen LogP contribution in [0, 0.1) is 11.3 Å². The Balaban J connectivity index is 2.95. The minimum atomic E-state index is -1.47. The van der Waals surface area contributed by atoms with Crippen molar-refractivity contribution >= 4 is 17.7 Å². The SMILES string of the molecule is N#CCSc1ccccc1C(=O)NC(CO)(CO)CO. The molecule has 0 radical (unpaired) electrons. The number of carbonyl (C=O) groups is 1. The second-order valence-corrected chi connectivity index (χ2v) is 5.17. The van der Waals surface area contributed by atoms with Gasteiger partial charge in [0.2, 0.25) is 0 Å². The fourth-order valence-corrected chi connectivity index (χ4v) is 2.18. The Labute approximate surface area is 121 Å². The molecule has 0 aliphatic rings. The van der Waals surface area contributed by atoms with Gasteiger partial charge in [-0.15, -0.1) is 11.8 Å². The Morgan fingerprint density at radius 2 is 1.85 bits per heavy atom. The summed E-state index contributed by atoms with van der Waals surface area (Å²) in [7, 11) is 0. The van der Waals surface area contributed by atoms with E-state index in [4.69, 9.17) is 5.26 Å². The summed E-state index contributed by atoms with van der Waals surface area (Å²) in [6.07, 6.45) is 0. The summed E-state index contributed by atoms with van der Waals surface area (Å²) in [5, 5.41) is 38.6. The van der Waals surface area contributed by atoms with Crippen LogP contribution in [0.5, 0.6) is 0 Å². The van der Waals surface area contributed by atoms with Gasteiger partial charge in [-0.3, -0.25) is 4.79 Å². The fourth-order valence-electron chi connectivity index (χ4n) is 1.47. The van der Waals surface area contributed by atoms with Crippen molar-refractivity contribution in [3.05, 3.63) is 29.8 Å². The predicted octanol–water partition coefficient (Wildman–Crippen LogP) is -0.252. The van der Waals surface area contributed by atoms with E-state index in [9.17, 15) is 20.1 Å². The zero-order valence-electron chi connectivity index (χ0n) is 10.7. The summed E-state index contributed by atoms with van der Waals surface area (Å²) in [5.74, 6) is -0.321. The molecule has 0 fully saturated rings. The van der Waals surface area contributed by atoms with Crippen molar-refractivity contribution in [2.45, 2.75) is 10.4 Å². The molecule has 0 saturated heterocycles. The summed E-state index contributed by atoms with van der Waals surface area (Å²) in [6, 6.07) is 8.67. The Morgan fingerprint density at radius 1 is 1.25 bits per heavy atom. The third-order valence-corrected chi connectivity index (χ3v) is 3.65. The number of nitrogens with zero attached hydrogens (tertiary/aromatic N) is 1. The van der Waals surface area contributed by atoms with Crippen molar-refractivity contribution < 1.29 is 20.1 Å². The van der Waals surface area contributed by atoms with E-state index >= 15 is 0 Å². The number of thioether (sulfide) groups is 1. The molecule has 1 amide bonds. The summed E-state index contributed by atoms with van der Waals surface area (Å²) in [5.41, 5.74) is -1.14. The largest absolute Gasteiger partial charge is 0.394 e. The van der Waals surface area contributed by atoms with Gasteiger partial charge in [-0.1, -0.05) is 12.1 Å². The first-order valence-electron chi connectivity index (χ1n) is 5.86. The molecule has 7 heteroatoms. The number of nitriles is 1. The van der Waals surface area contributed by atoms with E-state index < -0.39 is 31.3 Å². The molecule has 0 unspecified atom stereocenters. The molecule has 4 N–H and O–H groups in total. The van der Waals surface area contributed by atoms with Crippen LogP contribution in [0.4, 0.5) is 0 Å². The van der Waals surface area contributed by atoms with Gasteiger partial charge in [0, 0.05) is 4.90 Å². The smallest absolute Gasteiger partial charge is 0.253 e. The van der Waals surface area contributed by atoms with Crippen LogP contribution in [0.25, 0.3) is 0 Å². The molecule has 0 aliphatic heterocycles. The van der Waals surface area contributed by atoms with Crippen molar-refractivity contribution in [2.75, 3.05) is 25.6 Å². The topological polar surface area (TPSA) is 114 Å². The second-order valence-electron chi connectivity index (χ2n) is 4.15. The summed E-state index contributed by atoms with van der Waals surface area (Å²) >= 11 is 1.21. The lowest BCUT2D eigenvalue weighted by atomic mass is 10.0. The van der Waals surface area contributed by atoms with Crippen LogP contribution in [0.2, 0.25) is 0 Å². The average molecular weight is 296 g/mol. The number of nitrogens with one attached hydrogen (secondary N) is 1. The number of hydrogen-bond donors (Lipinski definition) is 4. The molecule has 1 aromatic carbocycles. The monoisotopic (exact) mass is 296 g/mol. The van der Waals surface area contributed by atoms with Crippen molar-refractivity contribution in [1.29, 1.82) is 5.26 Å². The molecule has 0 atom stereocenters. The molecular weight excluding hydrogens is 280 g/mol. The zero-order valence-corrected chi connectivity index (χ0v) is 11.6. The van der Waals surface area contributed by atoms with Crippen molar-refractivity contribution in [3.63, 3.8) is 0 Å². The Hall–Kier alpha value is -1.59. The zero-order chi connectivity index (χ0) is 15.0. The molecule has 0 saturated carbocycles. The van der Waals surface area contributed by atoms with Crippen LogP contribution in [-0.4, -0.2) is 52.3 Å². The number of carbonyl (C=O) groups excluding carboxylic acids is 1. The van der Waals surface area contributed by atoms with E-state index in [0.29, 0.717) is 10.5 Å². The molecule has 0 bridgehead atoms. The number of amides is 1. The first-order chi connectivity index (χ1) is 9.62. The fraction of sp³-hybridized carbons (Fsp3) is 0.385. The maximum absolute atomic E-state index is 12.2. The van der Waals surface area contributed by atoms with E-state index in [2.05, 4.69) is 5.32 Å². The van der Waals surface area contributed by atoms with E-state index in [1.807, 2.05) is 6.07 Å². The van der Waals surface area contributed by atoms with Gasteiger partial charge in [0.1, 0.15) is 5.54 Å². The standard InChI is InChI=1S/C13H16N2O4S/c14-5-6-20-11-4-2-1-3-10(11)12(19)15-13(7-16,8-17)9-18/h1-4,16-18H,6-9H2,(H,15,19). The molecule has 0 aromatic heterocycles. The summed E-state index contributed by atoms with van der Waals surface area (Å²) in [4.78, 5) is 12.8. The normalized spacial score (nSPS) is 10.9. The average Bonchev–Trinajstić information content (AvgIpc) is 2.51. The van der Waals surface area contributed by atoms with Gasteiger partial charge in [0.25, 0.3) is 5.91 Å². The number of aliphatic hydroxyl groups is 3. The molecule has 1 aromatic rings. The summed E-state index contributed by atoms with van der Waals surface area (Å²) < 4.78 is 0. The van der Waals surface area contributed by atoms with Crippen LogP contribution < -0.4 is 5.32 Å². The van der Waals surface area contributed by atoms with E-state index in [1.54, 1.807) is 24.3 Å². The van der Waals surface area contributed by atoms with Gasteiger partial charge in [-0.2, -0.15) is 5.26 Å². The highest BCUT2D eigenvalue weighted by molar-refractivity contribution is 7.99. The van der Waals surface area contributed by atoms with Crippen molar-refractivity contribution in [2.24, 2.45) is 0 Å². The molecule has 6 nitrogen and oxygen atoms in total. The van der Waals surface area contributed by atoms with E-state index in [-0.39, 0.29) is 5.75 Å². The Bertz CT molecular complexity index is 489. The van der Waals surface area contributed by atoms with E-state index in [1.165, 1.54) is 11.8 Å². The maximum atomic E-state index is 12.2. The van der Waals surface area contributed by atoms with Gasteiger partial charge in [0.05, 0.1) is 37.2 Å². The molecular formula is C13H16N2O4S. The lowest BCUT2D eigenvalue weighted by Gasteiger charge is -2.28. The number of benzene rings is 1. The van der Waals surface area contributed by atoms with Crippen LogP contribution in [-0.2, 0) is 0 Å². The molecule has 1 rings (SSSR count). The number of rotatable bonds is 7. The minimum Gasteiger partial charge on any atom is -0.394 e. The van der Waals surface area contributed by atoms with Crippen LogP contribution in [0.15, 0.2) is 29.2 Å². The molecule has 108 valence electrons. The van der Waals surface area contributed by atoms with Crippen molar-refractivity contribution in [3.8, 4) is 6.07 Å². The number of hydrogen-bond acceptors (Lipinski definition) is 6. The molecule has 0 spiro atoms. The highest BCUT2D eigenvalue weighted by atomic mass is 32.2. The van der Waals surface area contributed by atoms with E-state index in [0.717, 1.165) is 0 Å².